The molecule has 1 aromatic rings. The van der Waals surface area contributed by atoms with Gasteiger partial charge in [-0.15, -0.1) is 0 Å². The highest BCUT2D eigenvalue weighted by Gasteiger charge is 2.54. The summed E-state index contributed by atoms with van der Waals surface area (Å²) in [6.45, 7) is 4.65. The van der Waals surface area contributed by atoms with Crippen LogP contribution in [0, 0.1) is 17.3 Å². The highest BCUT2D eigenvalue weighted by molar-refractivity contribution is 7.80. The van der Waals surface area contributed by atoms with Crippen LogP contribution in [0.4, 0.5) is 0 Å². The van der Waals surface area contributed by atoms with Crippen LogP contribution in [0.1, 0.15) is 32.3 Å². The van der Waals surface area contributed by atoms with Crippen molar-refractivity contribution in [2.24, 2.45) is 28.1 Å². The lowest BCUT2D eigenvalue weighted by Gasteiger charge is -2.57. The number of benzene rings is 1. The van der Waals surface area contributed by atoms with E-state index in [4.69, 9.17) is 22.7 Å². The molecule has 3 aliphatic carbocycles. The minimum absolute atomic E-state index is 0.209. The van der Waals surface area contributed by atoms with E-state index in [1.165, 1.54) is 12.0 Å². The van der Waals surface area contributed by atoms with E-state index in [-0.39, 0.29) is 5.11 Å². The van der Waals surface area contributed by atoms with Gasteiger partial charge in [0.05, 0.1) is 12.8 Å². The summed E-state index contributed by atoms with van der Waals surface area (Å²) >= 11 is 4.89. The first kappa shape index (κ1) is 16.0. The third kappa shape index (κ3) is 2.98. The molecule has 0 radical (unpaired) electrons. The molecule has 2 atom stereocenters. The second kappa shape index (κ2) is 5.96. The van der Waals surface area contributed by atoms with Gasteiger partial charge in [0.15, 0.2) is 5.11 Å². The summed E-state index contributed by atoms with van der Waals surface area (Å²) < 4.78 is 5.21. The Kier molecular flexibility index (Phi) is 4.15. The third-order valence-corrected chi connectivity index (χ3v) is 5.43. The predicted molar refractivity (Wildman–Crippen MR) is 98.3 cm³/mol. The van der Waals surface area contributed by atoms with Crippen LogP contribution in [-0.4, -0.2) is 17.9 Å². The van der Waals surface area contributed by atoms with E-state index in [1.807, 2.05) is 12.1 Å². The first-order chi connectivity index (χ1) is 10.9. The molecule has 4 rings (SSSR count). The van der Waals surface area contributed by atoms with Crippen LogP contribution >= 0.6 is 12.2 Å². The van der Waals surface area contributed by atoms with Crippen LogP contribution in [0.2, 0.25) is 0 Å². The van der Waals surface area contributed by atoms with Crippen LogP contribution in [0.3, 0.4) is 0 Å². The van der Waals surface area contributed by atoms with Crippen molar-refractivity contribution in [3.63, 3.8) is 0 Å². The van der Waals surface area contributed by atoms with E-state index < -0.39 is 0 Å². The summed E-state index contributed by atoms with van der Waals surface area (Å²) in [7, 11) is 1.68. The van der Waals surface area contributed by atoms with Gasteiger partial charge >= 0.3 is 0 Å². The number of nitrogens with one attached hydrogen (secondary N) is 1. The summed E-state index contributed by atoms with van der Waals surface area (Å²) in [4.78, 5) is 0. The van der Waals surface area contributed by atoms with E-state index in [0.29, 0.717) is 11.3 Å². The molecule has 1 aromatic carbocycles. The standard InChI is InChI=1S/C18H23N3OS/c1-18(2)13-9-12(8-11-4-6-14(22-3)7-5-11)16(15(18)10-13)20-21-17(19)23/h4-8,13,15H,9-10H2,1-3H3,(H3,19,21,23). The van der Waals surface area contributed by atoms with Gasteiger partial charge in [-0.1, -0.05) is 26.0 Å². The zero-order valence-corrected chi connectivity index (χ0v) is 14.6. The van der Waals surface area contributed by atoms with E-state index in [0.717, 1.165) is 29.4 Å². The topological polar surface area (TPSA) is 59.6 Å². The van der Waals surface area contributed by atoms with Crippen molar-refractivity contribution in [3.8, 4) is 5.75 Å². The van der Waals surface area contributed by atoms with Crippen molar-refractivity contribution in [2.75, 3.05) is 7.11 Å². The average molecular weight is 329 g/mol. The molecule has 2 bridgehead atoms. The molecular formula is C18H23N3OS. The molecule has 0 heterocycles. The number of fused-ring (bicyclic) bond motifs is 2. The van der Waals surface area contributed by atoms with Crippen molar-refractivity contribution in [1.29, 1.82) is 0 Å². The number of hydrazone groups is 1. The molecule has 2 unspecified atom stereocenters. The molecule has 3 saturated carbocycles. The maximum atomic E-state index is 5.55. The lowest BCUT2D eigenvalue weighted by atomic mass is 9.47. The molecule has 122 valence electrons. The fraction of sp³-hybridized carbons (Fsp3) is 0.444. The van der Waals surface area contributed by atoms with Crippen LogP contribution in [-0.2, 0) is 0 Å². The smallest absolute Gasteiger partial charge is 0.184 e. The Bertz CT molecular complexity index is 676. The summed E-state index contributed by atoms with van der Waals surface area (Å²) in [5, 5.41) is 4.72. The fourth-order valence-corrected chi connectivity index (χ4v) is 3.77. The average Bonchev–Trinajstić information content (AvgIpc) is 2.53. The van der Waals surface area contributed by atoms with Crippen molar-refractivity contribution in [2.45, 2.75) is 26.7 Å². The summed E-state index contributed by atoms with van der Waals surface area (Å²) in [6.07, 6.45) is 4.46. The Hall–Kier alpha value is -1.88. The summed E-state index contributed by atoms with van der Waals surface area (Å²) in [6, 6.07) is 8.08. The molecule has 23 heavy (non-hydrogen) atoms. The third-order valence-electron chi connectivity index (χ3n) is 5.34. The second-order valence-electron chi connectivity index (χ2n) is 6.93. The predicted octanol–water partition coefficient (Wildman–Crippen LogP) is 3.33. The minimum Gasteiger partial charge on any atom is -0.497 e. The lowest BCUT2D eigenvalue weighted by Crippen LogP contribution is -2.54. The number of ether oxygens (including phenoxy) is 1. The monoisotopic (exact) mass is 329 g/mol. The Morgan fingerprint density at radius 1 is 1.39 bits per heavy atom. The maximum Gasteiger partial charge on any atom is 0.184 e. The van der Waals surface area contributed by atoms with E-state index in [2.05, 4.69) is 42.6 Å². The van der Waals surface area contributed by atoms with Crippen molar-refractivity contribution >= 4 is 29.1 Å². The zero-order chi connectivity index (χ0) is 16.6. The highest BCUT2D eigenvalue weighted by atomic mass is 32.1. The largest absolute Gasteiger partial charge is 0.497 e. The van der Waals surface area contributed by atoms with Gasteiger partial charge < -0.3 is 10.5 Å². The molecular weight excluding hydrogens is 306 g/mol. The second-order valence-corrected chi connectivity index (χ2v) is 7.37. The Morgan fingerprint density at radius 3 is 2.65 bits per heavy atom. The molecule has 0 aromatic heterocycles. The SMILES string of the molecule is COc1ccc(C=C2CC3CC(C2=NNC(N)=S)C3(C)C)cc1. The number of methoxy groups -OCH3 is 1. The molecule has 5 heteroatoms. The number of allylic oxidation sites excluding steroid dienone is 1. The van der Waals surface area contributed by atoms with Gasteiger partial charge in [-0.2, -0.15) is 5.10 Å². The van der Waals surface area contributed by atoms with Crippen LogP contribution in [0.5, 0.6) is 5.75 Å². The first-order valence-electron chi connectivity index (χ1n) is 7.90. The van der Waals surface area contributed by atoms with Gasteiger partial charge in [-0.05, 0) is 65.7 Å². The molecule has 3 N–H and O–H groups in total. The molecule has 0 spiro atoms. The Labute approximate surface area is 142 Å². The number of nitrogens with two attached hydrogens (primary N) is 1. The quantitative estimate of drug-likeness (QED) is 0.659. The normalized spacial score (nSPS) is 28.3. The van der Waals surface area contributed by atoms with Gasteiger partial charge in [0.1, 0.15) is 5.75 Å². The number of hydrogen-bond acceptors (Lipinski definition) is 3. The van der Waals surface area contributed by atoms with E-state index in [9.17, 15) is 0 Å². The summed E-state index contributed by atoms with van der Waals surface area (Å²) in [5.74, 6) is 2.05. The Balaban J connectivity index is 1.91. The number of hydrogen-bond donors (Lipinski definition) is 2. The van der Waals surface area contributed by atoms with Crippen molar-refractivity contribution in [1.82, 2.24) is 5.43 Å². The molecule has 0 amide bonds. The van der Waals surface area contributed by atoms with Gasteiger partial charge in [-0.3, -0.25) is 5.43 Å². The van der Waals surface area contributed by atoms with Gasteiger partial charge in [0, 0.05) is 5.92 Å². The van der Waals surface area contributed by atoms with Crippen LogP contribution < -0.4 is 15.9 Å². The van der Waals surface area contributed by atoms with Gasteiger partial charge in [-0.25, -0.2) is 0 Å². The molecule has 3 fully saturated rings. The number of thiocarbonyl (C=S) groups is 1. The minimum atomic E-state index is 0.209. The van der Waals surface area contributed by atoms with Gasteiger partial charge in [0.2, 0.25) is 0 Å². The lowest BCUT2D eigenvalue weighted by molar-refractivity contribution is 0.0141. The van der Waals surface area contributed by atoms with Crippen molar-refractivity contribution in [3.05, 3.63) is 35.4 Å². The van der Waals surface area contributed by atoms with Crippen LogP contribution in [0.15, 0.2) is 34.9 Å². The number of nitrogens with zero attached hydrogens (tertiary/aromatic N) is 1. The first-order valence-corrected chi connectivity index (χ1v) is 8.30. The fourth-order valence-electron chi connectivity index (χ4n) is 3.72. The number of rotatable bonds is 3. The summed E-state index contributed by atoms with van der Waals surface area (Å²) in [5.41, 5.74) is 12.2. The van der Waals surface area contributed by atoms with Gasteiger partial charge in [0.25, 0.3) is 0 Å². The molecule has 3 aliphatic rings. The molecule has 0 saturated heterocycles. The maximum absolute atomic E-state index is 5.55. The van der Waals surface area contributed by atoms with Crippen molar-refractivity contribution < 1.29 is 4.74 Å². The van der Waals surface area contributed by atoms with E-state index >= 15 is 0 Å². The molecule has 0 aliphatic heterocycles. The zero-order valence-electron chi connectivity index (χ0n) is 13.8. The highest BCUT2D eigenvalue weighted by Crippen LogP contribution is 2.59. The van der Waals surface area contributed by atoms with E-state index in [1.54, 1.807) is 7.11 Å². The van der Waals surface area contributed by atoms with Crippen LogP contribution in [0.25, 0.3) is 6.08 Å². The molecule has 4 nitrogen and oxygen atoms in total. The Morgan fingerprint density at radius 2 is 2.09 bits per heavy atom.